The van der Waals surface area contributed by atoms with Gasteiger partial charge in [-0.25, -0.2) is 0 Å². The summed E-state index contributed by atoms with van der Waals surface area (Å²) < 4.78 is 0. The van der Waals surface area contributed by atoms with Gasteiger partial charge in [0.2, 0.25) is 0 Å². The second-order valence-corrected chi connectivity index (χ2v) is 4.71. The lowest BCUT2D eigenvalue weighted by molar-refractivity contribution is 0.766. The van der Waals surface area contributed by atoms with Crippen LogP contribution >= 0.6 is 11.8 Å². The molecule has 0 aliphatic carbocycles. The number of nitriles is 1. The third kappa shape index (κ3) is 2.83. The van der Waals surface area contributed by atoms with E-state index in [1.807, 2.05) is 24.9 Å². The molecule has 2 N–H and O–H groups in total. The molecule has 0 bridgehead atoms. The lowest BCUT2D eigenvalue weighted by Crippen LogP contribution is -2.31. The second-order valence-electron chi connectivity index (χ2n) is 3.80. The van der Waals surface area contributed by atoms with Crippen LogP contribution in [0.4, 0.5) is 11.4 Å². The van der Waals surface area contributed by atoms with Gasteiger partial charge >= 0.3 is 0 Å². The van der Waals surface area contributed by atoms with Crippen LogP contribution in [0.1, 0.15) is 12.5 Å². The van der Waals surface area contributed by atoms with Crippen molar-refractivity contribution in [2.24, 2.45) is 0 Å². The Morgan fingerprint density at radius 2 is 2.25 bits per heavy atom. The van der Waals surface area contributed by atoms with Crippen molar-refractivity contribution in [3.63, 3.8) is 0 Å². The summed E-state index contributed by atoms with van der Waals surface area (Å²) in [5.41, 5.74) is 8.18. The highest BCUT2D eigenvalue weighted by Crippen LogP contribution is 2.25. The summed E-state index contributed by atoms with van der Waals surface area (Å²) in [5, 5.41) is 8.76. The maximum atomic E-state index is 8.76. The molecule has 1 atom stereocenters. The molecule has 4 heteroatoms. The highest BCUT2D eigenvalue weighted by Gasteiger charge is 2.12. The first kappa shape index (κ1) is 12.7. The zero-order valence-corrected chi connectivity index (χ0v) is 10.7. The fourth-order valence-corrected chi connectivity index (χ4v) is 2.24. The number of nitrogens with two attached hydrogens (primary N) is 1. The van der Waals surface area contributed by atoms with Crippen LogP contribution in [0.5, 0.6) is 0 Å². The summed E-state index contributed by atoms with van der Waals surface area (Å²) in [4.78, 5) is 2.15. The summed E-state index contributed by atoms with van der Waals surface area (Å²) in [6, 6.07) is 7.93. The van der Waals surface area contributed by atoms with E-state index in [9.17, 15) is 0 Å². The third-order valence-electron chi connectivity index (χ3n) is 2.61. The number of nitrogens with zero attached hydrogens (tertiary/aromatic N) is 2. The molecule has 0 amide bonds. The first-order valence-corrected chi connectivity index (χ1v) is 6.51. The zero-order valence-electron chi connectivity index (χ0n) is 9.90. The Labute approximate surface area is 101 Å². The molecule has 1 aromatic rings. The van der Waals surface area contributed by atoms with Gasteiger partial charge in [0.15, 0.2) is 0 Å². The number of hydrogen-bond donors (Lipinski definition) is 1. The van der Waals surface area contributed by atoms with Crippen LogP contribution in [-0.4, -0.2) is 25.1 Å². The molecule has 0 saturated heterocycles. The molecule has 1 rings (SSSR count). The smallest absolute Gasteiger partial charge is 0.0992 e. The van der Waals surface area contributed by atoms with Crippen LogP contribution in [-0.2, 0) is 0 Å². The Morgan fingerprint density at radius 1 is 1.56 bits per heavy atom. The van der Waals surface area contributed by atoms with Gasteiger partial charge in [-0.05, 0) is 31.4 Å². The molecule has 0 aliphatic rings. The van der Waals surface area contributed by atoms with Gasteiger partial charge < -0.3 is 10.6 Å². The van der Waals surface area contributed by atoms with Crippen LogP contribution in [0.3, 0.4) is 0 Å². The van der Waals surface area contributed by atoms with Gasteiger partial charge in [0.25, 0.3) is 0 Å². The van der Waals surface area contributed by atoms with Crippen LogP contribution in [0.15, 0.2) is 18.2 Å². The summed E-state index contributed by atoms with van der Waals surface area (Å²) >= 11 is 1.81. The summed E-state index contributed by atoms with van der Waals surface area (Å²) in [6.07, 6.45) is 2.09. The first-order chi connectivity index (χ1) is 7.60. The molecule has 86 valence electrons. The van der Waals surface area contributed by atoms with Crippen molar-refractivity contribution in [2.75, 3.05) is 29.7 Å². The molecule has 1 unspecified atom stereocenters. The monoisotopic (exact) mass is 235 g/mol. The van der Waals surface area contributed by atoms with E-state index in [2.05, 4.69) is 24.1 Å². The molecule has 0 fully saturated rings. The molecule has 0 aromatic heterocycles. The largest absolute Gasteiger partial charge is 0.397 e. The lowest BCUT2D eigenvalue weighted by Gasteiger charge is -2.27. The minimum Gasteiger partial charge on any atom is -0.397 e. The molecular formula is C12H17N3S. The van der Waals surface area contributed by atoms with E-state index in [1.165, 1.54) is 0 Å². The maximum absolute atomic E-state index is 8.76. The Kier molecular flexibility index (Phi) is 4.51. The van der Waals surface area contributed by atoms with E-state index >= 15 is 0 Å². The molecule has 16 heavy (non-hydrogen) atoms. The molecule has 0 aliphatic heterocycles. The van der Waals surface area contributed by atoms with Crippen molar-refractivity contribution in [3.8, 4) is 6.07 Å². The van der Waals surface area contributed by atoms with Gasteiger partial charge in [-0.2, -0.15) is 17.0 Å². The van der Waals surface area contributed by atoms with Crippen molar-refractivity contribution in [2.45, 2.75) is 13.0 Å². The Balaban J connectivity index is 2.92. The quantitative estimate of drug-likeness (QED) is 0.814. The van der Waals surface area contributed by atoms with E-state index in [0.717, 1.165) is 11.4 Å². The maximum Gasteiger partial charge on any atom is 0.0992 e. The highest BCUT2D eigenvalue weighted by molar-refractivity contribution is 7.98. The van der Waals surface area contributed by atoms with E-state index in [4.69, 9.17) is 11.0 Å². The van der Waals surface area contributed by atoms with Gasteiger partial charge in [0, 0.05) is 18.8 Å². The first-order valence-electron chi connectivity index (χ1n) is 5.11. The fourth-order valence-electron chi connectivity index (χ4n) is 1.54. The summed E-state index contributed by atoms with van der Waals surface area (Å²) in [5.74, 6) is 1.05. The molecular weight excluding hydrogens is 218 g/mol. The third-order valence-corrected chi connectivity index (χ3v) is 3.42. The number of rotatable bonds is 4. The molecule has 0 heterocycles. The number of hydrogen-bond acceptors (Lipinski definition) is 4. The minimum absolute atomic E-state index is 0.422. The predicted octanol–water partition coefficient (Wildman–Crippen LogP) is 2.33. The fraction of sp³-hybridized carbons (Fsp3) is 0.417. The standard InChI is InChI=1S/C12H17N3S/c1-9(8-16-3)15(2)12-5-4-10(7-13)6-11(12)14/h4-6,9H,8,14H2,1-3H3. The topological polar surface area (TPSA) is 53.0 Å². The Hall–Kier alpha value is -1.34. The predicted molar refractivity (Wildman–Crippen MR) is 71.8 cm³/mol. The van der Waals surface area contributed by atoms with Crippen LogP contribution in [0.25, 0.3) is 0 Å². The van der Waals surface area contributed by atoms with Crippen molar-refractivity contribution < 1.29 is 0 Å². The SMILES string of the molecule is CSCC(C)N(C)c1ccc(C#N)cc1N. The summed E-state index contributed by atoms with van der Waals surface area (Å²) in [6.45, 7) is 2.16. The Morgan fingerprint density at radius 3 is 2.75 bits per heavy atom. The van der Waals surface area contributed by atoms with E-state index < -0.39 is 0 Å². The van der Waals surface area contributed by atoms with Gasteiger partial charge in [-0.15, -0.1) is 0 Å². The second kappa shape index (κ2) is 5.66. The number of anilines is 2. The zero-order chi connectivity index (χ0) is 12.1. The number of thioether (sulfide) groups is 1. The van der Waals surface area contributed by atoms with E-state index in [0.29, 0.717) is 17.3 Å². The number of benzene rings is 1. The van der Waals surface area contributed by atoms with Gasteiger partial charge in [0.1, 0.15) is 0 Å². The molecule has 0 spiro atoms. The van der Waals surface area contributed by atoms with Gasteiger partial charge in [-0.3, -0.25) is 0 Å². The summed E-state index contributed by atoms with van der Waals surface area (Å²) in [7, 11) is 2.03. The average Bonchev–Trinajstić information content (AvgIpc) is 2.28. The van der Waals surface area contributed by atoms with Crippen LogP contribution < -0.4 is 10.6 Å². The molecule has 1 aromatic carbocycles. The lowest BCUT2D eigenvalue weighted by atomic mass is 10.1. The molecule has 0 saturated carbocycles. The van der Waals surface area contributed by atoms with E-state index in [1.54, 1.807) is 12.1 Å². The Bertz CT molecular complexity index is 398. The van der Waals surface area contributed by atoms with Crippen LogP contribution in [0, 0.1) is 11.3 Å². The average molecular weight is 235 g/mol. The van der Waals surface area contributed by atoms with Crippen LogP contribution in [0.2, 0.25) is 0 Å². The minimum atomic E-state index is 0.422. The van der Waals surface area contributed by atoms with E-state index in [-0.39, 0.29) is 0 Å². The van der Waals surface area contributed by atoms with Crippen molar-refractivity contribution in [1.82, 2.24) is 0 Å². The number of nitrogen functional groups attached to an aromatic ring is 1. The van der Waals surface area contributed by atoms with Gasteiger partial charge in [-0.1, -0.05) is 0 Å². The van der Waals surface area contributed by atoms with Crippen molar-refractivity contribution in [3.05, 3.63) is 23.8 Å². The van der Waals surface area contributed by atoms with Crippen molar-refractivity contribution in [1.29, 1.82) is 5.26 Å². The normalized spacial score (nSPS) is 11.9. The highest BCUT2D eigenvalue weighted by atomic mass is 32.2. The molecule has 0 radical (unpaired) electrons. The van der Waals surface area contributed by atoms with Gasteiger partial charge in [0.05, 0.1) is 23.0 Å². The molecule has 3 nitrogen and oxygen atoms in total. The van der Waals surface area contributed by atoms with Crippen molar-refractivity contribution >= 4 is 23.1 Å².